The van der Waals surface area contributed by atoms with E-state index in [1.165, 1.54) is 6.07 Å². The van der Waals surface area contributed by atoms with E-state index in [9.17, 15) is 19.8 Å². The van der Waals surface area contributed by atoms with Gasteiger partial charge in [0.25, 0.3) is 11.8 Å². The Morgan fingerprint density at radius 2 is 1.03 bits per heavy atom. The second-order valence-corrected chi connectivity index (χ2v) is 7.67. The van der Waals surface area contributed by atoms with Crippen LogP contribution < -0.4 is 10.6 Å². The van der Waals surface area contributed by atoms with Crippen LogP contribution in [0.5, 0.6) is 0 Å². The molecule has 6 heteroatoms. The Morgan fingerprint density at radius 1 is 0.625 bits per heavy atom. The van der Waals surface area contributed by atoms with Gasteiger partial charge in [0.1, 0.15) is 0 Å². The van der Waals surface area contributed by atoms with E-state index in [0.29, 0.717) is 24.0 Å². The molecule has 0 bridgehead atoms. The number of aliphatic hydroxyl groups excluding tert-OH is 2. The SMILES string of the molecule is O=C(NC(CO)Cc1ccccc1)c1cccc(C(=O)NC(CO)Cc2ccccc2)c1. The lowest BCUT2D eigenvalue weighted by atomic mass is 10.0. The zero-order valence-corrected chi connectivity index (χ0v) is 17.8. The van der Waals surface area contributed by atoms with Crippen molar-refractivity contribution in [3.05, 3.63) is 107 Å². The highest BCUT2D eigenvalue weighted by Crippen LogP contribution is 2.09. The number of hydrogen-bond acceptors (Lipinski definition) is 4. The normalized spacial score (nSPS) is 12.6. The maximum absolute atomic E-state index is 12.7. The molecule has 6 nitrogen and oxygen atoms in total. The smallest absolute Gasteiger partial charge is 0.251 e. The molecule has 166 valence electrons. The average Bonchev–Trinajstić information content (AvgIpc) is 2.84. The predicted molar refractivity (Wildman–Crippen MR) is 123 cm³/mol. The molecule has 0 saturated carbocycles. The Bertz CT molecular complexity index is 930. The molecule has 0 aliphatic heterocycles. The second-order valence-electron chi connectivity index (χ2n) is 7.67. The van der Waals surface area contributed by atoms with E-state index in [1.807, 2.05) is 60.7 Å². The summed E-state index contributed by atoms with van der Waals surface area (Å²) in [5.74, 6) is -0.727. The van der Waals surface area contributed by atoms with Gasteiger partial charge in [0, 0.05) is 11.1 Å². The van der Waals surface area contributed by atoms with Crippen LogP contribution in [0.1, 0.15) is 31.8 Å². The van der Waals surface area contributed by atoms with Gasteiger partial charge in [0.2, 0.25) is 0 Å². The van der Waals surface area contributed by atoms with Crippen LogP contribution >= 0.6 is 0 Å². The van der Waals surface area contributed by atoms with Crippen LogP contribution in [0.4, 0.5) is 0 Å². The molecule has 2 amide bonds. The van der Waals surface area contributed by atoms with E-state index in [4.69, 9.17) is 0 Å². The van der Waals surface area contributed by atoms with Gasteiger partial charge in [-0.2, -0.15) is 0 Å². The quantitative estimate of drug-likeness (QED) is 0.395. The van der Waals surface area contributed by atoms with Crippen molar-refractivity contribution in [3.8, 4) is 0 Å². The molecule has 3 aromatic rings. The van der Waals surface area contributed by atoms with E-state index in [0.717, 1.165) is 11.1 Å². The minimum absolute atomic E-state index is 0.196. The number of aliphatic hydroxyl groups is 2. The number of carbonyl (C=O) groups excluding carboxylic acids is 2. The number of carbonyl (C=O) groups is 2. The zero-order valence-electron chi connectivity index (χ0n) is 17.8. The maximum atomic E-state index is 12.7. The maximum Gasteiger partial charge on any atom is 0.251 e. The van der Waals surface area contributed by atoms with Crippen LogP contribution in [0, 0.1) is 0 Å². The number of nitrogens with one attached hydrogen (secondary N) is 2. The first-order valence-electron chi connectivity index (χ1n) is 10.6. The summed E-state index contributed by atoms with van der Waals surface area (Å²) < 4.78 is 0. The summed E-state index contributed by atoms with van der Waals surface area (Å²) in [5, 5.41) is 25.0. The highest BCUT2D eigenvalue weighted by atomic mass is 16.3. The van der Waals surface area contributed by atoms with Crippen molar-refractivity contribution in [2.24, 2.45) is 0 Å². The molecule has 0 aromatic heterocycles. The lowest BCUT2D eigenvalue weighted by Gasteiger charge is -2.18. The van der Waals surface area contributed by atoms with Crippen LogP contribution in [-0.4, -0.2) is 47.3 Å². The van der Waals surface area contributed by atoms with Crippen LogP contribution in [0.15, 0.2) is 84.9 Å². The molecule has 0 aliphatic carbocycles. The highest BCUT2D eigenvalue weighted by molar-refractivity contribution is 5.99. The number of benzene rings is 3. The minimum atomic E-state index is -0.438. The van der Waals surface area contributed by atoms with Gasteiger partial charge < -0.3 is 20.8 Å². The molecule has 4 N–H and O–H groups in total. The molecule has 0 fully saturated rings. The summed E-state index contributed by atoms with van der Waals surface area (Å²) in [4.78, 5) is 25.4. The number of hydrogen-bond donors (Lipinski definition) is 4. The molecule has 0 spiro atoms. The van der Waals surface area contributed by atoms with Crippen LogP contribution in [0.25, 0.3) is 0 Å². The van der Waals surface area contributed by atoms with Crippen molar-refractivity contribution in [3.63, 3.8) is 0 Å². The Kier molecular flexibility index (Phi) is 8.54. The van der Waals surface area contributed by atoms with Gasteiger partial charge in [-0.05, 0) is 42.2 Å². The van der Waals surface area contributed by atoms with E-state index in [-0.39, 0.29) is 25.0 Å². The molecule has 3 rings (SSSR count). The average molecular weight is 433 g/mol. The first-order valence-corrected chi connectivity index (χ1v) is 10.6. The monoisotopic (exact) mass is 432 g/mol. The standard InChI is InChI=1S/C26H28N2O4/c29-17-23(14-19-8-3-1-4-9-19)27-25(31)21-12-7-13-22(16-21)26(32)28-24(18-30)15-20-10-5-2-6-11-20/h1-13,16,23-24,29-30H,14-15,17-18H2,(H,27,31)(H,28,32). The summed E-state index contributed by atoms with van der Waals surface area (Å²) >= 11 is 0. The molecular formula is C26H28N2O4. The largest absolute Gasteiger partial charge is 0.394 e. The van der Waals surface area contributed by atoms with Gasteiger partial charge in [-0.1, -0.05) is 66.7 Å². The van der Waals surface area contributed by atoms with Crippen LogP contribution in [-0.2, 0) is 12.8 Å². The highest BCUT2D eigenvalue weighted by Gasteiger charge is 2.17. The number of amides is 2. The minimum Gasteiger partial charge on any atom is -0.394 e. The summed E-state index contributed by atoms with van der Waals surface area (Å²) in [6, 6.07) is 24.7. The Morgan fingerprint density at radius 3 is 1.41 bits per heavy atom. The Labute approximate surface area is 187 Å². The van der Waals surface area contributed by atoms with Crippen molar-refractivity contribution in [2.75, 3.05) is 13.2 Å². The third kappa shape index (κ3) is 6.77. The fourth-order valence-electron chi connectivity index (χ4n) is 3.46. The Balaban J connectivity index is 1.62. The van der Waals surface area contributed by atoms with Crippen molar-refractivity contribution < 1.29 is 19.8 Å². The zero-order chi connectivity index (χ0) is 22.8. The molecule has 2 unspecified atom stereocenters. The van der Waals surface area contributed by atoms with Crippen LogP contribution in [0.2, 0.25) is 0 Å². The molecule has 0 heterocycles. The summed E-state index contributed by atoms with van der Waals surface area (Å²) in [5.41, 5.74) is 2.67. The van der Waals surface area contributed by atoms with E-state index >= 15 is 0 Å². The van der Waals surface area contributed by atoms with Crippen molar-refractivity contribution in [1.82, 2.24) is 10.6 Å². The lowest BCUT2D eigenvalue weighted by Crippen LogP contribution is -2.40. The first kappa shape index (κ1) is 23.2. The molecule has 3 aromatic carbocycles. The molecule has 0 radical (unpaired) electrons. The van der Waals surface area contributed by atoms with Gasteiger partial charge in [0.05, 0.1) is 25.3 Å². The second kappa shape index (κ2) is 11.8. The molecule has 0 aliphatic rings. The Hall–Kier alpha value is -3.48. The molecule has 2 atom stereocenters. The molecule has 32 heavy (non-hydrogen) atoms. The molecular weight excluding hydrogens is 404 g/mol. The fraction of sp³-hybridized carbons (Fsp3) is 0.231. The molecule has 0 saturated heterocycles. The third-order valence-corrected chi connectivity index (χ3v) is 5.15. The third-order valence-electron chi connectivity index (χ3n) is 5.15. The summed E-state index contributed by atoms with van der Waals surface area (Å²) in [6.45, 7) is -0.392. The summed E-state index contributed by atoms with van der Waals surface area (Å²) in [6.07, 6.45) is 1.00. The van der Waals surface area contributed by atoms with E-state index < -0.39 is 12.1 Å². The van der Waals surface area contributed by atoms with Crippen molar-refractivity contribution in [2.45, 2.75) is 24.9 Å². The first-order chi connectivity index (χ1) is 15.6. The lowest BCUT2D eigenvalue weighted by molar-refractivity contribution is 0.0916. The topological polar surface area (TPSA) is 98.7 Å². The predicted octanol–water partition coefficient (Wildman–Crippen LogP) is 2.35. The fourth-order valence-corrected chi connectivity index (χ4v) is 3.46. The van der Waals surface area contributed by atoms with Gasteiger partial charge in [-0.25, -0.2) is 0 Å². The van der Waals surface area contributed by atoms with Gasteiger partial charge in [-0.3, -0.25) is 9.59 Å². The van der Waals surface area contributed by atoms with Crippen molar-refractivity contribution in [1.29, 1.82) is 0 Å². The number of rotatable bonds is 10. The van der Waals surface area contributed by atoms with Gasteiger partial charge >= 0.3 is 0 Å². The van der Waals surface area contributed by atoms with Crippen molar-refractivity contribution >= 4 is 11.8 Å². The van der Waals surface area contributed by atoms with E-state index in [2.05, 4.69) is 10.6 Å². The van der Waals surface area contributed by atoms with E-state index in [1.54, 1.807) is 18.2 Å². The van der Waals surface area contributed by atoms with Gasteiger partial charge in [-0.15, -0.1) is 0 Å². The van der Waals surface area contributed by atoms with Crippen LogP contribution in [0.3, 0.4) is 0 Å². The van der Waals surface area contributed by atoms with Gasteiger partial charge in [0.15, 0.2) is 0 Å². The summed E-state index contributed by atoms with van der Waals surface area (Å²) in [7, 11) is 0.